The summed E-state index contributed by atoms with van der Waals surface area (Å²) in [6, 6.07) is 80.8. The van der Waals surface area contributed by atoms with Gasteiger partial charge in [-0.25, -0.2) is 0 Å². The fraction of sp³-hybridized carbons (Fsp3) is 0. The second kappa shape index (κ2) is 14.3. The van der Waals surface area contributed by atoms with Crippen molar-refractivity contribution in [3.8, 4) is 55.6 Å². The number of nitrogens with zero attached hydrogens (tertiary/aromatic N) is 1. The number of fused-ring (bicyclic) bond motifs is 1. The first-order chi connectivity index (χ1) is 26.3. The zero-order valence-corrected chi connectivity index (χ0v) is 29.3. The van der Waals surface area contributed by atoms with Gasteiger partial charge in [-0.15, -0.1) is 0 Å². The number of hydrogen-bond acceptors (Lipinski definition) is 1. The zero-order valence-electron chi connectivity index (χ0n) is 29.3. The normalized spacial score (nSPS) is 11.0. The molecule has 250 valence electrons. The highest BCUT2D eigenvalue weighted by atomic mass is 15.1. The Hall–Kier alpha value is -6.96. The summed E-state index contributed by atoms with van der Waals surface area (Å²) in [7, 11) is 0. The van der Waals surface area contributed by atoms with Crippen LogP contribution in [0.4, 0.5) is 17.1 Å². The molecule has 0 aliphatic carbocycles. The van der Waals surface area contributed by atoms with Crippen LogP contribution < -0.4 is 4.90 Å². The molecule has 53 heavy (non-hydrogen) atoms. The van der Waals surface area contributed by atoms with Crippen LogP contribution in [0.3, 0.4) is 0 Å². The van der Waals surface area contributed by atoms with Gasteiger partial charge in [0.2, 0.25) is 0 Å². The van der Waals surface area contributed by atoms with Gasteiger partial charge in [0.1, 0.15) is 0 Å². The number of hydrogen-bond donors (Lipinski definition) is 0. The van der Waals surface area contributed by atoms with Gasteiger partial charge in [0.25, 0.3) is 0 Å². The molecule has 1 heteroatoms. The Kier molecular flexibility index (Phi) is 8.66. The van der Waals surface area contributed by atoms with Gasteiger partial charge in [-0.1, -0.05) is 194 Å². The Morgan fingerprint density at radius 2 is 0.755 bits per heavy atom. The molecule has 0 aliphatic rings. The average molecular weight is 676 g/mol. The van der Waals surface area contributed by atoms with Crippen molar-refractivity contribution in [1.29, 1.82) is 0 Å². The minimum Gasteiger partial charge on any atom is -0.309 e. The maximum Gasteiger partial charge on any atom is 0.0540 e. The van der Waals surface area contributed by atoms with E-state index in [1.165, 1.54) is 66.4 Å². The first-order valence-electron chi connectivity index (χ1n) is 18.2. The third-order valence-corrected chi connectivity index (χ3v) is 10.1. The van der Waals surface area contributed by atoms with Gasteiger partial charge < -0.3 is 4.90 Å². The first kappa shape index (κ1) is 32.0. The Morgan fingerprint density at radius 3 is 1.42 bits per heavy atom. The Bertz CT molecular complexity index is 2630. The van der Waals surface area contributed by atoms with E-state index in [1.54, 1.807) is 0 Å². The highest BCUT2D eigenvalue weighted by Crippen LogP contribution is 2.47. The quantitative estimate of drug-likeness (QED) is 0.155. The number of rotatable bonds is 8. The summed E-state index contributed by atoms with van der Waals surface area (Å²) in [5.74, 6) is 0. The smallest absolute Gasteiger partial charge is 0.0540 e. The lowest BCUT2D eigenvalue weighted by Crippen LogP contribution is -2.12. The summed E-state index contributed by atoms with van der Waals surface area (Å²) in [6.45, 7) is 0. The molecule has 9 rings (SSSR count). The number of para-hydroxylation sites is 1. The summed E-state index contributed by atoms with van der Waals surface area (Å²) >= 11 is 0. The molecule has 0 radical (unpaired) electrons. The second-order valence-electron chi connectivity index (χ2n) is 13.3. The molecule has 0 heterocycles. The summed E-state index contributed by atoms with van der Waals surface area (Å²) < 4.78 is 0. The third-order valence-electron chi connectivity index (χ3n) is 10.1. The van der Waals surface area contributed by atoms with Crippen molar-refractivity contribution < 1.29 is 0 Å². The summed E-state index contributed by atoms with van der Waals surface area (Å²) in [6.07, 6.45) is 0. The van der Waals surface area contributed by atoms with Gasteiger partial charge in [0.15, 0.2) is 0 Å². The van der Waals surface area contributed by atoms with Crippen molar-refractivity contribution in [3.05, 3.63) is 224 Å². The largest absolute Gasteiger partial charge is 0.309 e. The number of benzene rings is 9. The van der Waals surface area contributed by atoms with Crippen molar-refractivity contribution in [3.63, 3.8) is 0 Å². The molecule has 0 fully saturated rings. The van der Waals surface area contributed by atoms with Gasteiger partial charge in [0.05, 0.1) is 11.4 Å². The lowest BCUT2D eigenvalue weighted by Gasteiger charge is -2.30. The highest BCUT2D eigenvalue weighted by molar-refractivity contribution is 6.04. The fourth-order valence-electron chi connectivity index (χ4n) is 7.55. The molecule has 0 aliphatic heterocycles. The van der Waals surface area contributed by atoms with E-state index in [9.17, 15) is 0 Å². The van der Waals surface area contributed by atoms with Crippen molar-refractivity contribution in [2.24, 2.45) is 0 Å². The van der Waals surface area contributed by atoms with Gasteiger partial charge in [-0.2, -0.15) is 0 Å². The van der Waals surface area contributed by atoms with Crippen LogP contribution in [-0.2, 0) is 0 Å². The van der Waals surface area contributed by atoms with E-state index in [2.05, 4.69) is 229 Å². The molecule has 0 unspecified atom stereocenters. The molecular formula is C52H37N. The van der Waals surface area contributed by atoms with E-state index in [1.807, 2.05) is 0 Å². The van der Waals surface area contributed by atoms with Crippen molar-refractivity contribution in [2.75, 3.05) is 4.90 Å². The third kappa shape index (κ3) is 6.30. The first-order valence-corrected chi connectivity index (χ1v) is 18.2. The van der Waals surface area contributed by atoms with E-state index in [-0.39, 0.29) is 0 Å². The van der Waals surface area contributed by atoms with Crippen molar-refractivity contribution in [2.45, 2.75) is 0 Å². The molecule has 0 N–H and O–H groups in total. The van der Waals surface area contributed by atoms with Gasteiger partial charge in [-0.3, -0.25) is 0 Å². The fourth-order valence-corrected chi connectivity index (χ4v) is 7.55. The van der Waals surface area contributed by atoms with Crippen LogP contribution in [0.5, 0.6) is 0 Å². The van der Waals surface area contributed by atoms with Crippen LogP contribution in [-0.4, -0.2) is 0 Å². The highest BCUT2D eigenvalue weighted by Gasteiger charge is 2.22. The standard InChI is InChI=1S/C52H37N/c1-5-17-38(18-6-1)44-32-36-51(49(37-44)41-23-11-4-12-24-41)53(50-28-16-15-26-46(50)39-19-7-2-8-20-39)45-33-29-43(30-34-45)52-47-27-14-13-25-42(47)31-35-48(52)40-21-9-3-10-22-40/h1-37H. The van der Waals surface area contributed by atoms with Crippen LogP contribution >= 0.6 is 0 Å². The average Bonchev–Trinajstić information content (AvgIpc) is 3.25. The SMILES string of the molecule is c1ccc(-c2ccc(N(c3ccc(-c4c(-c5ccccc5)ccc5ccccc45)cc3)c3ccccc3-c3ccccc3)c(-c3ccccc3)c2)cc1. The molecular weight excluding hydrogens is 639 g/mol. The van der Waals surface area contributed by atoms with Crippen molar-refractivity contribution >= 4 is 27.8 Å². The molecule has 9 aromatic rings. The monoisotopic (exact) mass is 675 g/mol. The predicted octanol–water partition coefficient (Wildman–Crippen LogP) is 14.6. The van der Waals surface area contributed by atoms with Crippen LogP contribution in [0.2, 0.25) is 0 Å². The molecule has 0 saturated carbocycles. The molecule has 0 bridgehead atoms. The van der Waals surface area contributed by atoms with Gasteiger partial charge in [0, 0.05) is 16.8 Å². The molecule has 1 nitrogen and oxygen atoms in total. The van der Waals surface area contributed by atoms with Crippen LogP contribution in [0.15, 0.2) is 224 Å². The Labute approximate surface area is 311 Å². The lowest BCUT2D eigenvalue weighted by atomic mass is 9.89. The predicted molar refractivity (Wildman–Crippen MR) is 226 cm³/mol. The van der Waals surface area contributed by atoms with E-state index >= 15 is 0 Å². The van der Waals surface area contributed by atoms with E-state index < -0.39 is 0 Å². The van der Waals surface area contributed by atoms with Gasteiger partial charge in [-0.05, 0) is 85.6 Å². The van der Waals surface area contributed by atoms with Crippen molar-refractivity contribution in [1.82, 2.24) is 0 Å². The van der Waals surface area contributed by atoms with Crippen LogP contribution in [0, 0.1) is 0 Å². The van der Waals surface area contributed by atoms with Crippen LogP contribution in [0.25, 0.3) is 66.4 Å². The molecule has 0 atom stereocenters. The second-order valence-corrected chi connectivity index (χ2v) is 13.3. The van der Waals surface area contributed by atoms with Gasteiger partial charge >= 0.3 is 0 Å². The molecule has 9 aromatic carbocycles. The Balaban J connectivity index is 1.27. The molecule has 0 amide bonds. The Morgan fingerprint density at radius 1 is 0.264 bits per heavy atom. The lowest BCUT2D eigenvalue weighted by molar-refractivity contribution is 1.28. The summed E-state index contributed by atoms with van der Waals surface area (Å²) in [5, 5.41) is 2.48. The zero-order chi connectivity index (χ0) is 35.4. The molecule has 0 aromatic heterocycles. The minimum absolute atomic E-state index is 1.09. The summed E-state index contributed by atoms with van der Waals surface area (Å²) in [5.41, 5.74) is 15.2. The summed E-state index contributed by atoms with van der Waals surface area (Å²) in [4.78, 5) is 2.43. The van der Waals surface area contributed by atoms with E-state index in [4.69, 9.17) is 0 Å². The maximum atomic E-state index is 2.43. The van der Waals surface area contributed by atoms with Crippen LogP contribution in [0.1, 0.15) is 0 Å². The number of anilines is 3. The van der Waals surface area contributed by atoms with E-state index in [0.717, 1.165) is 17.1 Å². The molecule has 0 spiro atoms. The molecule has 0 saturated heterocycles. The van der Waals surface area contributed by atoms with E-state index in [0.29, 0.717) is 0 Å². The minimum atomic E-state index is 1.09. The maximum absolute atomic E-state index is 2.43. The topological polar surface area (TPSA) is 3.24 Å².